The molecule has 0 aromatic heterocycles. The van der Waals surface area contributed by atoms with E-state index in [9.17, 15) is 10.1 Å². The number of hydrogen-bond donors (Lipinski definition) is 1. The maximum Gasteiger partial charge on any atom is 0.262 e. The van der Waals surface area contributed by atoms with Gasteiger partial charge in [0, 0.05) is 11.6 Å². The predicted octanol–water partition coefficient (Wildman–Crippen LogP) is 3.84. The average molecular weight is 342 g/mol. The van der Waals surface area contributed by atoms with E-state index in [2.05, 4.69) is 5.32 Å². The van der Waals surface area contributed by atoms with Gasteiger partial charge in [0.25, 0.3) is 5.91 Å². The first-order valence-electron chi connectivity index (χ1n) is 8.81. The van der Waals surface area contributed by atoms with Crippen LogP contribution in [0.2, 0.25) is 0 Å². The van der Waals surface area contributed by atoms with E-state index in [1.54, 1.807) is 19.3 Å². The minimum atomic E-state index is -0.326. The maximum absolute atomic E-state index is 12.5. The first-order chi connectivity index (χ1) is 12.0. The number of carbonyl (C=O) groups is 1. The smallest absolute Gasteiger partial charge is 0.262 e. The van der Waals surface area contributed by atoms with Gasteiger partial charge in [0.1, 0.15) is 11.6 Å². The number of amides is 1. The first-order valence-corrected chi connectivity index (χ1v) is 8.81. The summed E-state index contributed by atoms with van der Waals surface area (Å²) < 4.78 is 11.2. The Bertz CT molecular complexity index is 668. The number of ether oxygens (including phenoxy) is 2. The van der Waals surface area contributed by atoms with Gasteiger partial charge in [-0.05, 0) is 38.8 Å². The molecular formula is C20H26N2O3. The third-order valence-electron chi connectivity index (χ3n) is 4.19. The fourth-order valence-corrected chi connectivity index (χ4v) is 2.98. The number of para-hydroxylation sites is 1. The number of benzene rings is 1. The second kappa shape index (κ2) is 9.12. The van der Waals surface area contributed by atoms with Crippen molar-refractivity contribution in [3.63, 3.8) is 0 Å². The third kappa shape index (κ3) is 5.25. The van der Waals surface area contributed by atoms with Gasteiger partial charge in [0.15, 0.2) is 11.5 Å². The highest BCUT2D eigenvalue weighted by Crippen LogP contribution is 2.33. The van der Waals surface area contributed by atoms with Crippen molar-refractivity contribution < 1.29 is 14.3 Å². The van der Waals surface area contributed by atoms with E-state index in [1.807, 2.05) is 32.0 Å². The molecule has 1 saturated carbocycles. The molecule has 0 atom stereocenters. The van der Waals surface area contributed by atoms with Crippen LogP contribution >= 0.6 is 0 Å². The van der Waals surface area contributed by atoms with Crippen molar-refractivity contribution in [3.8, 4) is 17.6 Å². The highest BCUT2D eigenvalue weighted by molar-refractivity contribution is 6.02. The van der Waals surface area contributed by atoms with Gasteiger partial charge in [0.2, 0.25) is 0 Å². The average Bonchev–Trinajstić information content (AvgIpc) is 2.61. The molecule has 0 spiro atoms. The monoisotopic (exact) mass is 342 g/mol. The standard InChI is InChI=1S/C20H26N2O3/c1-14(2)25-19-15(8-7-11-18(19)24-3)12-16(13-21)20(23)22-17-9-5-4-6-10-17/h7-8,11-12,14,17H,4-6,9-10H2,1-3H3,(H,22,23)/b16-12+. The summed E-state index contributed by atoms with van der Waals surface area (Å²) in [5.74, 6) is 0.790. The zero-order valence-corrected chi connectivity index (χ0v) is 15.2. The van der Waals surface area contributed by atoms with Crippen molar-refractivity contribution >= 4 is 12.0 Å². The van der Waals surface area contributed by atoms with Crippen LogP contribution in [0.4, 0.5) is 0 Å². The van der Waals surface area contributed by atoms with Gasteiger partial charge in [-0.3, -0.25) is 4.79 Å². The topological polar surface area (TPSA) is 71.3 Å². The van der Waals surface area contributed by atoms with Gasteiger partial charge in [-0.2, -0.15) is 5.26 Å². The minimum Gasteiger partial charge on any atom is -0.493 e. The van der Waals surface area contributed by atoms with Gasteiger partial charge in [0.05, 0.1) is 13.2 Å². The van der Waals surface area contributed by atoms with Crippen LogP contribution in [0.15, 0.2) is 23.8 Å². The summed E-state index contributed by atoms with van der Waals surface area (Å²) in [5.41, 5.74) is 0.732. The normalized spacial score (nSPS) is 15.6. The Morgan fingerprint density at radius 2 is 2.04 bits per heavy atom. The number of nitriles is 1. The molecule has 5 heteroatoms. The van der Waals surface area contributed by atoms with Crippen molar-refractivity contribution in [2.24, 2.45) is 0 Å². The molecule has 2 rings (SSSR count). The van der Waals surface area contributed by atoms with Gasteiger partial charge in [-0.15, -0.1) is 0 Å². The number of methoxy groups -OCH3 is 1. The molecule has 0 bridgehead atoms. The Balaban J connectivity index is 2.26. The van der Waals surface area contributed by atoms with E-state index in [0.717, 1.165) is 25.7 Å². The fourth-order valence-electron chi connectivity index (χ4n) is 2.98. The molecule has 1 aromatic carbocycles. The van der Waals surface area contributed by atoms with Crippen LogP contribution in [-0.4, -0.2) is 25.2 Å². The van der Waals surface area contributed by atoms with Crippen LogP contribution in [0.1, 0.15) is 51.5 Å². The summed E-state index contributed by atoms with van der Waals surface area (Å²) in [4.78, 5) is 12.5. The molecular weight excluding hydrogens is 316 g/mol. The van der Waals surface area contributed by atoms with E-state index in [1.165, 1.54) is 6.42 Å². The Labute approximate surface area is 149 Å². The van der Waals surface area contributed by atoms with Crippen molar-refractivity contribution in [1.82, 2.24) is 5.32 Å². The van der Waals surface area contributed by atoms with E-state index in [0.29, 0.717) is 17.1 Å². The summed E-state index contributed by atoms with van der Waals surface area (Å²) in [5, 5.41) is 12.4. The lowest BCUT2D eigenvalue weighted by atomic mass is 9.95. The molecule has 134 valence electrons. The first kappa shape index (κ1) is 18.9. The molecule has 0 heterocycles. The Kier molecular flexibility index (Phi) is 6.88. The molecule has 0 saturated heterocycles. The van der Waals surface area contributed by atoms with Crippen LogP contribution in [0.25, 0.3) is 6.08 Å². The lowest BCUT2D eigenvalue weighted by Crippen LogP contribution is -2.36. The number of carbonyl (C=O) groups excluding carboxylic acids is 1. The summed E-state index contributed by atoms with van der Waals surface area (Å²) >= 11 is 0. The zero-order chi connectivity index (χ0) is 18.2. The number of hydrogen-bond acceptors (Lipinski definition) is 4. The van der Waals surface area contributed by atoms with Crippen molar-refractivity contribution in [1.29, 1.82) is 5.26 Å². The van der Waals surface area contributed by atoms with Crippen molar-refractivity contribution in [3.05, 3.63) is 29.3 Å². The molecule has 1 aliphatic rings. The van der Waals surface area contributed by atoms with Crippen LogP contribution in [0.3, 0.4) is 0 Å². The van der Waals surface area contributed by atoms with Gasteiger partial charge in [-0.25, -0.2) is 0 Å². The fraction of sp³-hybridized carbons (Fsp3) is 0.500. The molecule has 0 aliphatic heterocycles. The Morgan fingerprint density at radius 3 is 2.64 bits per heavy atom. The number of nitrogens with zero attached hydrogens (tertiary/aromatic N) is 1. The Hall–Kier alpha value is -2.48. The van der Waals surface area contributed by atoms with E-state index >= 15 is 0 Å². The molecule has 1 fully saturated rings. The lowest BCUT2D eigenvalue weighted by Gasteiger charge is -2.22. The van der Waals surface area contributed by atoms with Crippen LogP contribution in [0.5, 0.6) is 11.5 Å². The minimum absolute atomic E-state index is 0.0509. The summed E-state index contributed by atoms with van der Waals surface area (Å²) in [7, 11) is 1.57. The van der Waals surface area contributed by atoms with Crippen molar-refractivity contribution in [2.45, 2.75) is 58.1 Å². The second-order valence-electron chi connectivity index (χ2n) is 6.52. The predicted molar refractivity (Wildman–Crippen MR) is 97.4 cm³/mol. The van der Waals surface area contributed by atoms with E-state index in [4.69, 9.17) is 9.47 Å². The zero-order valence-electron chi connectivity index (χ0n) is 15.2. The van der Waals surface area contributed by atoms with Gasteiger partial charge < -0.3 is 14.8 Å². The second-order valence-corrected chi connectivity index (χ2v) is 6.52. The summed E-state index contributed by atoms with van der Waals surface area (Å²) in [6, 6.07) is 7.59. The van der Waals surface area contributed by atoms with Crippen LogP contribution in [-0.2, 0) is 4.79 Å². The third-order valence-corrected chi connectivity index (χ3v) is 4.19. The highest BCUT2D eigenvalue weighted by Gasteiger charge is 2.19. The summed E-state index contributed by atoms with van der Waals surface area (Å²) in [6.07, 6.45) is 6.93. The van der Waals surface area contributed by atoms with Crippen LogP contribution < -0.4 is 14.8 Å². The number of rotatable bonds is 6. The molecule has 0 unspecified atom stereocenters. The highest BCUT2D eigenvalue weighted by atomic mass is 16.5. The van der Waals surface area contributed by atoms with Gasteiger partial charge in [-0.1, -0.05) is 31.4 Å². The van der Waals surface area contributed by atoms with Gasteiger partial charge >= 0.3 is 0 Å². The molecule has 1 N–H and O–H groups in total. The molecule has 1 aliphatic carbocycles. The molecule has 1 aromatic rings. The number of nitrogens with one attached hydrogen (secondary N) is 1. The summed E-state index contributed by atoms with van der Waals surface area (Å²) in [6.45, 7) is 3.84. The van der Waals surface area contributed by atoms with E-state index < -0.39 is 0 Å². The van der Waals surface area contributed by atoms with Crippen LogP contribution in [0, 0.1) is 11.3 Å². The van der Waals surface area contributed by atoms with E-state index in [-0.39, 0.29) is 23.6 Å². The molecule has 0 radical (unpaired) electrons. The molecule has 25 heavy (non-hydrogen) atoms. The maximum atomic E-state index is 12.5. The largest absolute Gasteiger partial charge is 0.493 e. The quantitative estimate of drug-likeness (QED) is 0.630. The Morgan fingerprint density at radius 1 is 1.32 bits per heavy atom. The van der Waals surface area contributed by atoms with Crippen molar-refractivity contribution in [2.75, 3.05) is 7.11 Å². The molecule has 5 nitrogen and oxygen atoms in total. The lowest BCUT2D eigenvalue weighted by molar-refractivity contribution is -0.117. The SMILES string of the molecule is COc1cccc(/C=C(\C#N)C(=O)NC2CCCCC2)c1OC(C)C. The molecule has 1 amide bonds.